The molecule has 0 fully saturated rings. The normalized spacial score (nSPS) is 10.7. The van der Waals surface area contributed by atoms with Crippen molar-refractivity contribution in [3.8, 4) is 0 Å². The number of hydrogen-bond donors (Lipinski definition) is 0. The molecule has 0 aliphatic heterocycles. The van der Waals surface area contributed by atoms with Crippen molar-refractivity contribution < 1.29 is 0 Å². The monoisotopic (exact) mass is 328 g/mol. The molecule has 0 bridgehead atoms. The number of halogens is 2. The predicted molar refractivity (Wildman–Crippen MR) is 77.0 cm³/mol. The fourth-order valence-corrected chi connectivity index (χ4v) is 1.97. The molecule has 0 unspecified atom stereocenters. The molecular formula is C12H14BrClN4. The van der Waals surface area contributed by atoms with Crippen LogP contribution in [0.1, 0.15) is 11.5 Å². The van der Waals surface area contributed by atoms with Crippen LogP contribution in [0.2, 0.25) is 5.15 Å². The Kier molecular flexibility index (Phi) is 3.92. The predicted octanol–water partition coefficient (Wildman–Crippen LogP) is 3.18. The van der Waals surface area contributed by atoms with E-state index in [1.54, 1.807) is 6.20 Å². The van der Waals surface area contributed by atoms with Crippen molar-refractivity contribution in [2.24, 2.45) is 7.05 Å². The molecule has 0 spiro atoms. The zero-order chi connectivity index (χ0) is 13.3. The minimum Gasteiger partial charge on any atom is -0.352 e. The highest BCUT2D eigenvalue weighted by Crippen LogP contribution is 2.20. The average molecular weight is 330 g/mol. The number of pyridine rings is 1. The van der Waals surface area contributed by atoms with E-state index >= 15 is 0 Å². The van der Waals surface area contributed by atoms with E-state index in [1.807, 2.05) is 42.6 Å². The highest BCUT2D eigenvalue weighted by atomic mass is 79.9. The van der Waals surface area contributed by atoms with Gasteiger partial charge in [-0.1, -0.05) is 11.6 Å². The Labute approximate surface area is 120 Å². The number of hydrogen-bond acceptors (Lipinski definition) is 3. The summed E-state index contributed by atoms with van der Waals surface area (Å²) in [5.41, 5.74) is 0.970. The van der Waals surface area contributed by atoms with Gasteiger partial charge in [0.1, 0.15) is 16.8 Å². The molecule has 6 heteroatoms. The van der Waals surface area contributed by atoms with Crippen LogP contribution in [0.3, 0.4) is 0 Å². The van der Waals surface area contributed by atoms with Gasteiger partial charge in [-0.25, -0.2) is 9.97 Å². The van der Waals surface area contributed by atoms with Crippen LogP contribution in [0.4, 0.5) is 5.82 Å². The fraction of sp³-hybridized carbons (Fsp3) is 0.333. The van der Waals surface area contributed by atoms with Crippen molar-refractivity contribution in [3.63, 3.8) is 0 Å². The molecule has 0 aliphatic carbocycles. The van der Waals surface area contributed by atoms with Gasteiger partial charge >= 0.3 is 0 Å². The molecule has 18 heavy (non-hydrogen) atoms. The Hall–Kier alpha value is -1.07. The molecule has 2 aromatic heterocycles. The molecule has 2 rings (SSSR count). The lowest BCUT2D eigenvalue weighted by Gasteiger charge is -2.18. The highest BCUT2D eigenvalue weighted by Gasteiger charge is 2.10. The summed E-state index contributed by atoms with van der Waals surface area (Å²) in [6, 6.07) is 3.97. The molecule has 0 atom stereocenters. The van der Waals surface area contributed by atoms with E-state index in [4.69, 9.17) is 11.6 Å². The Morgan fingerprint density at radius 1 is 1.44 bits per heavy atom. The van der Waals surface area contributed by atoms with Crippen LogP contribution in [0.25, 0.3) is 0 Å². The quantitative estimate of drug-likeness (QED) is 0.867. The van der Waals surface area contributed by atoms with Crippen molar-refractivity contribution in [3.05, 3.63) is 39.5 Å². The number of nitrogens with zero attached hydrogens (tertiary/aromatic N) is 4. The van der Waals surface area contributed by atoms with Crippen molar-refractivity contribution >= 4 is 33.3 Å². The summed E-state index contributed by atoms with van der Waals surface area (Å²) in [7, 11) is 3.89. The molecular weight excluding hydrogens is 316 g/mol. The highest BCUT2D eigenvalue weighted by molar-refractivity contribution is 9.10. The standard InChI is InChI=1S/C12H14BrClN4/c1-8-9(13)4-5-11(16-8)17(2)7-12-15-6-10(14)18(12)3/h4-6H,7H2,1-3H3. The first-order chi connectivity index (χ1) is 8.49. The SMILES string of the molecule is Cc1nc(N(C)Cc2ncc(Cl)n2C)ccc1Br. The largest absolute Gasteiger partial charge is 0.352 e. The topological polar surface area (TPSA) is 34.0 Å². The maximum atomic E-state index is 5.96. The Bertz CT molecular complexity index is 567. The smallest absolute Gasteiger partial charge is 0.129 e. The Balaban J connectivity index is 2.19. The average Bonchev–Trinajstić information content (AvgIpc) is 2.64. The van der Waals surface area contributed by atoms with Crippen molar-refractivity contribution in [1.82, 2.24) is 14.5 Å². The van der Waals surface area contributed by atoms with Gasteiger partial charge < -0.3 is 9.47 Å². The summed E-state index contributed by atoms with van der Waals surface area (Å²) in [5.74, 6) is 1.82. The molecule has 0 aliphatic rings. The van der Waals surface area contributed by atoms with Gasteiger partial charge in [0, 0.05) is 18.6 Å². The van der Waals surface area contributed by atoms with Crippen LogP contribution in [0, 0.1) is 6.92 Å². The van der Waals surface area contributed by atoms with Gasteiger partial charge in [-0.15, -0.1) is 0 Å². The first kappa shape index (κ1) is 13.4. The zero-order valence-corrected chi connectivity index (χ0v) is 12.8. The summed E-state index contributed by atoms with van der Waals surface area (Å²) in [6.45, 7) is 2.64. The van der Waals surface area contributed by atoms with Crippen LogP contribution in [0.5, 0.6) is 0 Å². The second-order valence-corrected chi connectivity index (χ2v) is 5.39. The fourth-order valence-electron chi connectivity index (χ4n) is 1.61. The number of anilines is 1. The third-order valence-electron chi connectivity index (χ3n) is 2.80. The van der Waals surface area contributed by atoms with Crippen LogP contribution >= 0.6 is 27.5 Å². The van der Waals surface area contributed by atoms with Gasteiger partial charge in [-0.2, -0.15) is 0 Å². The third-order valence-corrected chi connectivity index (χ3v) is 3.99. The van der Waals surface area contributed by atoms with Gasteiger partial charge in [0.05, 0.1) is 18.4 Å². The van der Waals surface area contributed by atoms with E-state index in [0.29, 0.717) is 11.7 Å². The molecule has 2 heterocycles. The van der Waals surface area contributed by atoms with Crippen LogP contribution < -0.4 is 4.90 Å². The van der Waals surface area contributed by atoms with E-state index < -0.39 is 0 Å². The zero-order valence-electron chi connectivity index (χ0n) is 10.5. The van der Waals surface area contributed by atoms with Gasteiger partial charge in [0.2, 0.25) is 0 Å². The van der Waals surface area contributed by atoms with Crippen LogP contribution in [-0.2, 0) is 13.6 Å². The Morgan fingerprint density at radius 2 is 2.17 bits per heavy atom. The summed E-state index contributed by atoms with van der Waals surface area (Å²) in [6.07, 6.45) is 1.66. The van der Waals surface area contributed by atoms with Crippen molar-refractivity contribution in [2.45, 2.75) is 13.5 Å². The van der Waals surface area contributed by atoms with Gasteiger partial charge in [0.25, 0.3) is 0 Å². The Morgan fingerprint density at radius 3 is 2.72 bits per heavy atom. The maximum Gasteiger partial charge on any atom is 0.129 e. The first-order valence-corrected chi connectivity index (χ1v) is 6.66. The molecule has 4 nitrogen and oxygen atoms in total. The number of rotatable bonds is 3. The van der Waals surface area contributed by atoms with E-state index in [9.17, 15) is 0 Å². The molecule has 0 saturated carbocycles. The van der Waals surface area contributed by atoms with Gasteiger partial charge in [0.15, 0.2) is 0 Å². The second kappa shape index (κ2) is 5.28. The molecule has 0 saturated heterocycles. The summed E-state index contributed by atoms with van der Waals surface area (Å²) >= 11 is 9.41. The first-order valence-electron chi connectivity index (χ1n) is 5.49. The molecule has 0 aromatic carbocycles. The molecule has 2 aromatic rings. The maximum absolute atomic E-state index is 5.96. The lowest BCUT2D eigenvalue weighted by atomic mass is 10.3. The summed E-state index contributed by atoms with van der Waals surface area (Å²) in [5, 5.41) is 0.637. The van der Waals surface area contributed by atoms with E-state index in [-0.39, 0.29) is 0 Å². The summed E-state index contributed by atoms with van der Waals surface area (Å²) < 4.78 is 2.88. The molecule has 0 N–H and O–H groups in total. The minimum atomic E-state index is 0.637. The summed E-state index contributed by atoms with van der Waals surface area (Å²) in [4.78, 5) is 10.8. The number of aromatic nitrogens is 3. The number of aryl methyl sites for hydroxylation is 1. The van der Waals surface area contributed by atoms with Gasteiger partial charge in [-0.05, 0) is 35.0 Å². The second-order valence-electron chi connectivity index (χ2n) is 4.15. The van der Waals surface area contributed by atoms with Crippen LogP contribution in [-0.4, -0.2) is 21.6 Å². The van der Waals surface area contributed by atoms with Crippen molar-refractivity contribution in [1.29, 1.82) is 0 Å². The van der Waals surface area contributed by atoms with E-state index in [2.05, 4.69) is 25.9 Å². The third kappa shape index (κ3) is 2.67. The molecule has 0 amide bonds. The number of imidazole rings is 1. The lowest BCUT2D eigenvalue weighted by molar-refractivity contribution is 0.755. The minimum absolute atomic E-state index is 0.637. The molecule has 96 valence electrons. The molecule has 0 radical (unpaired) electrons. The lowest BCUT2D eigenvalue weighted by Crippen LogP contribution is -2.20. The van der Waals surface area contributed by atoms with Gasteiger partial charge in [-0.3, -0.25) is 0 Å². The van der Waals surface area contributed by atoms with E-state index in [0.717, 1.165) is 21.8 Å². The van der Waals surface area contributed by atoms with Crippen LogP contribution in [0.15, 0.2) is 22.8 Å². The van der Waals surface area contributed by atoms with Crippen molar-refractivity contribution in [2.75, 3.05) is 11.9 Å². The van der Waals surface area contributed by atoms with E-state index in [1.165, 1.54) is 0 Å².